The van der Waals surface area contributed by atoms with E-state index in [0.29, 0.717) is 29.8 Å². The third-order valence-electron chi connectivity index (χ3n) is 4.91. The number of benzene rings is 2. The van der Waals surface area contributed by atoms with Crippen molar-refractivity contribution in [2.45, 2.75) is 25.6 Å². The zero-order valence-electron chi connectivity index (χ0n) is 14.8. The molecule has 0 aliphatic carbocycles. The van der Waals surface area contributed by atoms with Crippen molar-refractivity contribution in [1.29, 1.82) is 0 Å². The zero-order valence-corrected chi connectivity index (χ0v) is 14.8. The number of rotatable bonds is 5. The number of likely N-dealkylation sites (tertiary alicyclic amines) is 1. The monoisotopic (exact) mass is 368 g/mol. The van der Waals surface area contributed by atoms with Gasteiger partial charge in [0, 0.05) is 37.6 Å². The van der Waals surface area contributed by atoms with E-state index in [9.17, 15) is 14.6 Å². The van der Waals surface area contributed by atoms with Crippen molar-refractivity contribution < 1.29 is 14.6 Å². The number of fused-ring (bicyclic) bond motifs is 1. The summed E-state index contributed by atoms with van der Waals surface area (Å²) in [6, 6.07) is 10.7. The number of β-amino-alcohol motifs (C(OH)–C–C–N with tert-alkyl or cyclic N) is 1. The van der Waals surface area contributed by atoms with Crippen LogP contribution in [0.15, 0.2) is 42.7 Å². The highest BCUT2D eigenvalue weighted by atomic mass is 19.1. The summed E-state index contributed by atoms with van der Waals surface area (Å²) in [6.07, 6.45) is 1.95. The number of nitrogens with one attached hydrogen (secondary N) is 1. The number of halogens is 1. The van der Waals surface area contributed by atoms with E-state index in [-0.39, 0.29) is 6.10 Å². The van der Waals surface area contributed by atoms with Gasteiger partial charge in [-0.05, 0) is 23.6 Å². The molecule has 4 rings (SSSR count). The third-order valence-corrected chi connectivity index (χ3v) is 4.91. The minimum absolute atomic E-state index is 0.240. The van der Waals surface area contributed by atoms with Gasteiger partial charge < -0.3 is 15.5 Å². The summed E-state index contributed by atoms with van der Waals surface area (Å²) in [5, 5.41) is 23.2. The molecule has 0 amide bonds. The Labute approximate surface area is 156 Å². The Hall–Kier alpha value is -2.77. The Morgan fingerprint density at radius 2 is 2.00 bits per heavy atom. The summed E-state index contributed by atoms with van der Waals surface area (Å²) in [4.78, 5) is 10.5. The summed E-state index contributed by atoms with van der Waals surface area (Å²) < 4.78 is 13.6. The SMILES string of the molecule is Oc1cc2c(NCc3ccccc3CN3CCC(O)C3)ncnc2cc1F. The van der Waals surface area contributed by atoms with Crippen LogP contribution in [-0.4, -0.2) is 44.3 Å². The molecule has 1 aliphatic rings. The van der Waals surface area contributed by atoms with E-state index in [0.717, 1.165) is 25.1 Å². The molecule has 0 bridgehead atoms. The first kappa shape index (κ1) is 17.6. The lowest BCUT2D eigenvalue weighted by Gasteiger charge is -2.18. The van der Waals surface area contributed by atoms with E-state index in [1.165, 1.54) is 24.0 Å². The zero-order chi connectivity index (χ0) is 18.8. The van der Waals surface area contributed by atoms with Gasteiger partial charge in [-0.25, -0.2) is 14.4 Å². The molecule has 1 fully saturated rings. The van der Waals surface area contributed by atoms with Crippen LogP contribution in [0.4, 0.5) is 10.2 Å². The minimum atomic E-state index is -0.703. The second kappa shape index (κ2) is 7.46. The van der Waals surface area contributed by atoms with Crippen LogP contribution < -0.4 is 5.32 Å². The van der Waals surface area contributed by atoms with Crippen LogP contribution in [0.2, 0.25) is 0 Å². The second-order valence-corrected chi connectivity index (χ2v) is 6.84. The molecule has 1 aromatic heterocycles. The van der Waals surface area contributed by atoms with Crippen molar-refractivity contribution in [3.63, 3.8) is 0 Å². The molecule has 27 heavy (non-hydrogen) atoms. The minimum Gasteiger partial charge on any atom is -0.505 e. The number of phenols is 1. The van der Waals surface area contributed by atoms with Crippen LogP contribution in [0.1, 0.15) is 17.5 Å². The number of aromatic nitrogens is 2. The lowest BCUT2D eigenvalue weighted by atomic mass is 10.1. The van der Waals surface area contributed by atoms with Gasteiger partial charge >= 0.3 is 0 Å². The highest BCUT2D eigenvalue weighted by molar-refractivity contribution is 5.90. The number of hydrogen-bond acceptors (Lipinski definition) is 6. The molecule has 0 spiro atoms. The van der Waals surface area contributed by atoms with E-state index >= 15 is 0 Å². The lowest BCUT2D eigenvalue weighted by molar-refractivity contribution is 0.174. The first-order valence-corrected chi connectivity index (χ1v) is 8.94. The average molecular weight is 368 g/mol. The van der Waals surface area contributed by atoms with Crippen molar-refractivity contribution in [3.05, 3.63) is 59.7 Å². The Kier molecular flexibility index (Phi) is 4.87. The van der Waals surface area contributed by atoms with Crippen molar-refractivity contribution in [3.8, 4) is 5.75 Å². The maximum Gasteiger partial charge on any atom is 0.166 e. The summed E-state index contributed by atoms with van der Waals surface area (Å²) >= 11 is 0. The molecule has 0 radical (unpaired) electrons. The van der Waals surface area contributed by atoms with Crippen molar-refractivity contribution in [2.75, 3.05) is 18.4 Å². The molecule has 0 saturated carbocycles. The highest BCUT2D eigenvalue weighted by Gasteiger charge is 2.20. The standard InChI is InChI=1S/C20H21FN4O2/c21-17-8-18-16(7-19(17)27)20(24-12-23-18)22-9-13-3-1-2-4-14(13)10-25-6-5-15(26)11-25/h1-4,7-8,12,15,26-27H,5-6,9-11H2,(H,22,23,24). The topological polar surface area (TPSA) is 81.5 Å². The largest absolute Gasteiger partial charge is 0.505 e. The van der Waals surface area contributed by atoms with Crippen LogP contribution >= 0.6 is 0 Å². The van der Waals surface area contributed by atoms with Crippen LogP contribution in [0.25, 0.3) is 10.9 Å². The van der Waals surface area contributed by atoms with E-state index < -0.39 is 11.6 Å². The molecule has 2 heterocycles. The summed E-state index contributed by atoms with van der Waals surface area (Å²) in [6.45, 7) is 2.91. The van der Waals surface area contributed by atoms with Crippen molar-refractivity contribution in [1.82, 2.24) is 14.9 Å². The van der Waals surface area contributed by atoms with Gasteiger partial charge in [0.1, 0.15) is 12.1 Å². The molecule has 140 valence electrons. The highest BCUT2D eigenvalue weighted by Crippen LogP contribution is 2.27. The third kappa shape index (κ3) is 3.84. The molecule has 6 nitrogen and oxygen atoms in total. The van der Waals surface area contributed by atoms with E-state index in [1.807, 2.05) is 12.1 Å². The van der Waals surface area contributed by atoms with Crippen LogP contribution in [0.3, 0.4) is 0 Å². The summed E-state index contributed by atoms with van der Waals surface area (Å²) in [7, 11) is 0. The molecule has 7 heteroatoms. The average Bonchev–Trinajstić information content (AvgIpc) is 3.07. The van der Waals surface area contributed by atoms with E-state index in [2.05, 4.69) is 32.3 Å². The predicted octanol–water partition coefficient (Wildman–Crippen LogP) is 2.65. The van der Waals surface area contributed by atoms with Gasteiger partial charge in [0.25, 0.3) is 0 Å². The molecular weight excluding hydrogens is 347 g/mol. The normalized spacial score (nSPS) is 17.5. The first-order valence-electron chi connectivity index (χ1n) is 8.94. The molecule has 2 aromatic carbocycles. The van der Waals surface area contributed by atoms with Gasteiger partial charge in [-0.3, -0.25) is 4.90 Å². The summed E-state index contributed by atoms with van der Waals surface area (Å²) in [5.74, 6) is -0.583. The van der Waals surface area contributed by atoms with E-state index in [1.54, 1.807) is 0 Å². The molecule has 3 aromatic rings. The summed E-state index contributed by atoms with van der Waals surface area (Å²) in [5.41, 5.74) is 2.74. The number of hydrogen-bond donors (Lipinski definition) is 3. The molecule has 1 unspecified atom stereocenters. The molecule has 3 N–H and O–H groups in total. The lowest BCUT2D eigenvalue weighted by Crippen LogP contribution is -2.22. The fourth-order valence-corrected chi connectivity index (χ4v) is 3.47. The number of anilines is 1. The van der Waals surface area contributed by atoms with Gasteiger partial charge in [-0.1, -0.05) is 24.3 Å². The van der Waals surface area contributed by atoms with Gasteiger partial charge in [-0.2, -0.15) is 0 Å². The number of aliphatic hydroxyl groups is 1. The maximum absolute atomic E-state index is 13.6. The van der Waals surface area contributed by atoms with Gasteiger partial charge in [0.2, 0.25) is 0 Å². The Balaban J connectivity index is 1.54. The number of aromatic hydroxyl groups is 1. The Morgan fingerprint density at radius 3 is 2.78 bits per heavy atom. The Morgan fingerprint density at radius 1 is 1.19 bits per heavy atom. The molecule has 1 atom stereocenters. The number of aliphatic hydroxyl groups excluding tert-OH is 1. The Bertz CT molecular complexity index is 966. The quantitative estimate of drug-likeness (QED) is 0.642. The predicted molar refractivity (Wildman–Crippen MR) is 101 cm³/mol. The van der Waals surface area contributed by atoms with E-state index in [4.69, 9.17) is 0 Å². The fourth-order valence-electron chi connectivity index (χ4n) is 3.47. The van der Waals surface area contributed by atoms with Gasteiger partial charge in [0.15, 0.2) is 11.6 Å². The van der Waals surface area contributed by atoms with Crippen LogP contribution in [-0.2, 0) is 13.1 Å². The molecular formula is C20H21FN4O2. The van der Waals surface area contributed by atoms with Crippen molar-refractivity contribution >= 4 is 16.7 Å². The maximum atomic E-state index is 13.6. The molecule has 1 saturated heterocycles. The van der Waals surface area contributed by atoms with Gasteiger partial charge in [-0.15, -0.1) is 0 Å². The molecule has 1 aliphatic heterocycles. The van der Waals surface area contributed by atoms with Gasteiger partial charge in [0.05, 0.1) is 11.6 Å². The van der Waals surface area contributed by atoms with Crippen LogP contribution in [0.5, 0.6) is 5.75 Å². The number of nitrogens with zero attached hydrogens (tertiary/aromatic N) is 3. The smallest absolute Gasteiger partial charge is 0.166 e. The van der Waals surface area contributed by atoms with Crippen LogP contribution in [0, 0.1) is 5.82 Å². The first-order chi connectivity index (χ1) is 13.1. The second-order valence-electron chi connectivity index (χ2n) is 6.84. The number of phenolic OH excluding ortho intramolecular Hbond substituents is 1. The fraction of sp³-hybridized carbons (Fsp3) is 0.300. The van der Waals surface area contributed by atoms with Crippen molar-refractivity contribution in [2.24, 2.45) is 0 Å².